The van der Waals surface area contributed by atoms with Crippen LogP contribution in [0.1, 0.15) is 23.7 Å². The molecule has 0 atom stereocenters. The minimum atomic E-state index is 0.149. The number of carbonyl (C=O) groups is 1. The number of rotatable bonds is 2. The van der Waals surface area contributed by atoms with E-state index in [0.717, 1.165) is 14.0 Å². The van der Waals surface area contributed by atoms with E-state index >= 15 is 0 Å². The van der Waals surface area contributed by atoms with Crippen molar-refractivity contribution in [1.82, 2.24) is 0 Å². The molecule has 0 aliphatic carbocycles. The van der Waals surface area contributed by atoms with Crippen molar-refractivity contribution in [1.29, 1.82) is 0 Å². The van der Waals surface area contributed by atoms with E-state index in [1.807, 2.05) is 25.1 Å². The molecule has 0 aliphatic heterocycles. The van der Waals surface area contributed by atoms with Crippen LogP contribution in [-0.2, 0) is 0 Å². The molecule has 64 valence electrons. The second-order valence-corrected chi connectivity index (χ2v) is 4.17. The first kappa shape index (κ1) is 10.1. The van der Waals surface area contributed by atoms with Crippen molar-refractivity contribution in [2.24, 2.45) is 0 Å². The highest BCUT2D eigenvalue weighted by Crippen LogP contribution is 2.18. The third kappa shape index (κ3) is 2.23. The maximum Gasteiger partial charge on any atom is 0.163 e. The third-order valence-corrected chi connectivity index (χ3v) is 2.62. The van der Waals surface area contributed by atoms with Gasteiger partial charge in [-0.2, -0.15) is 0 Å². The van der Waals surface area contributed by atoms with Crippen molar-refractivity contribution in [3.8, 4) is 0 Å². The van der Waals surface area contributed by atoms with E-state index in [4.69, 9.17) is 0 Å². The highest BCUT2D eigenvalue weighted by Gasteiger charge is 2.06. The molecule has 3 heteroatoms. The summed E-state index contributed by atoms with van der Waals surface area (Å²) < 4.78 is 1.10. The van der Waals surface area contributed by atoms with Crippen LogP contribution < -0.4 is 0 Å². The summed E-state index contributed by atoms with van der Waals surface area (Å²) in [5.74, 6) is 0.149. The van der Waals surface area contributed by atoms with Crippen molar-refractivity contribution in [2.75, 3.05) is 0 Å². The lowest BCUT2D eigenvalue weighted by Gasteiger charge is -2.01. The number of Topliss-reactive ketones (excluding diaryl/α,β-unsaturated/α-hetero) is 1. The Morgan fingerprint density at radius 1 is 1.58 bits per heavy atom. The zero-order chi connectivity index (χ0) is 9.14. The summed E-state index contributed by atoms with van der Waals surface area (Å²) in [5, 5.41) is 0. The minimum absolute atomic E-state index is 0.149. The zero-order valence-electron chi connectivity index (χ0n) is 6.67. The Labute approximate surface area is 91.1 Å². The standard InChI is InChI=1S/C9H9IOS/c1-2-8(11)7-4-3-6(10)5-9(7)12/h3-5,12H,2H2,1H3. The Bertz CT molecular complexity index is 309. The molecule has 0 fully saturated rings. The molecule has 1 rings (SSSR count). The van der Waals surface area contributed by atoms with E-state index in [1.54, 1.807) is 0 Å². The van der Waals surface area contributed by atoms with Crippen LogP contribution in [0.15, 0.2) is 23.1 Å². The normalized spacial score (nSPS) is 9.92. The number of benzene rings is 1. The molecule has 0 unspecified atom stereocenters. The topological polar surface area (TPSA) is 17.1 Å². The lowest BCUT2D eigenvalue weighted by Crippen LogP contribution is -1.97. The zero-order valence-corrected chi connectivity index (χ0v) is 9.72. The van der Waals surface area contributed by atoms with E-state index in [2.05, 4.69) is 35.2 Å². The summed E-state index contributed by atoms with van der Waals surface area (Å²) in [6, 6.07) is 5.64. The molecule has 12 heavy (non-hydrogen) atoms. The van der Waals surface area contributed by atoms with Gasteiger partial charge in [0.05, 0.1) is 0 Å². The molecule has 0 spiro atoms. The molecule has 1 aromatic carbocycles. The Morgan fingerprint density at radius 2 is 2.25 bits per heavy atom. The molecule has 1 nitrogen and oxygen atoms in total. The van der Waals surface area contributed by atoms with Gasteiger partial charge < -0.3 is 0 Å². The molecule has 0 aliphatic rings. The van der Waals surface area contributed by atoms with Gasteiger partial charge in [0.2, 0.25) is 0 Å². The van der Waals surface area contributed by atoms with E-state index in [1.165, 1.54) is 0 Å². The van der Waals surface area contributed by atoms with Crippen molar-refractivity contribution in [2.45, 2.75) is 18.2 Å². The van der Waals surface area contributed by atoms with E-state index in [0.29, 0.717) is 6.42 Å². The van der Waals surface area contributed by atoms with Crippen LogP contribution in [0.5, 0.6) is 0 Å². The van der Waals surface area contributed by atoms with E-state index < -0.39 is 0 Å². The van der Waals surface area contributed by atoms with Gasteiger partial charge in [-0.25, -0.2) is 0 Å². The van der Waals surface area contributed by atoms with E-state index in [9.17, 15) is 4.79 Å². The van der Waals surface area contributed by atoms with Gasteiger partial charge >= 0.3 is 0 Å². The number of carbonyl (C=O) groups excluding carboxylic acids is 1. The Morgan fingerprint density at radius 3 is 2.75 bits per heavy atom. The van der Waals surface area contributed by atoms with Gasteiger partial charge in [-0.1, -0.05) is 6.92 Å². The van der Waals surface area contributed by atoms with Crippen LogP contribution in [0.4, 0.5) is 0 Å². The smallest absolute Gasteiger partial charge is 0.163 e. The van der Waals surface area contributed by atoms with Gasteiger partial charge in [0.1, 0.15) is 0 Å². The summed E-state index contributed by atoms with van der Waals surface area (Å²) >= 11 is 6.43. The number of hydrogen-bond acceptors (Lipinski definition) is 2. The predicted molar refractivity (Wildman–Crippen MR) is 61.0 cm³/mol. The molecule has 0 saturated carbocycles. The average Bonchev–Trinajstić information content (AvgIpc) is 2.03. The van der Waals surface area contributed by atoms with Crippen molar-refractivity contribution in [3.63, 3.8) is 0 Å². The van der Waals surface area contributed by atoms with Crippen LogP contribution in [0.3, 0.4) is 0 Å². The van der Waals surface area contributed by atoms with Gasteiger partial charge in [0.25, 0.3) is 0 Å². The minimum Gasteiger partial charge on any atom is -0.294 e. The highest BCUT2D eigenvalue weighted by atomic mass is 127. The fourth-order valence-electron chi connectivity index (χ4n) is 0.931. The molecule has 0 heterocycles. The lowest BCUT2D eigenvalue weighted by atomic mass is 10.1. The van der Waals surface area contributed by atoms with Crippen LogP contribution >= 0.6 is 35.2 Å². The van der Waals surface area contributed by atoms with Gasteiger partial charge in [-0.15, -0.1) is 12.6 Å². The molecule has 0 N–H and O–H groups in total. The first-order chi connectivity index (χ1) is 5.65. The van der Waals surface area contributed by atoms with Gasteiger partial charge in [-0.05, 0) is 40.8 Å². The molecule has 0 bridgehead atoms. The Kier molecular flexibility index (Phi) is 3.58. The first-order valence-corrected chi connectivity index (χ1v) is 5.19. The number of hydrogen-bond donors (Lipinski definition) is 1. The number of ketones is 1. The van der Waals surface area contributed by atoms with Crippen molar-refractivity contribution in [3.05, 3.63) is 27.3 Å². The summed E-state index contributed by atoms with van der Waals surface area (Å²) in [6.45, 7) is 1.85. The summed E-state index contributed by atoms with van der Waals surface area (Å²) in [5.41, 5.74) is 0.723. The van der Waals surface area contributed by atoms with Gasteiger partial charge in [0, 0.05) is 20.4 Å². The highest BCUT2D eigenvalue weighted by molar-refractivity contribution is 14.1. The predicted octanol–water partition coefficient (Wildman–Crippen LogP) is 3.17. The molecule has 0 aromatic heterocycles. The second-order valence-electron chi connectivity index (χ2n) is 2.44. The summed E-state index contributed by atoms with van der Waals surface area (Å²) in [6.07, 6.45) is 0.536. The molecular formula is C9H9IOS. The van der Waals surface area contributed by atoms with Crippen molar-refractivity contribution >= 4 is 41.0 Å². The molecule has 0 amide bonds. The van der Waals surface area contributed by atoms with Gasteiger partial charge in [0.15, 0.2) is 5.78 Å². The number of halogens is 1. The maximum atomic E-state index is 11.3. The molecule has 0 saturated heterocycles. The largest absolute Gasteiger partial charge is 0.294 e. The third-order valence-electron chi connectivity index (χ3n) is 1.58. The Hall–Kier alpha value is -0.0300. The number of thiol groups is 1. The fourth-order valence-corrected chi connectivity index (χ4v) is 2.01. The average molecular weight is 292 g/mol. The van der Waals surface area contributed by atoms with Gasteiger partial charge in [-0.3, -0.25) is 4.79 Å². The van der Waals surface area contributed by atoms with Crippen LogP contribution in [0.25, 0.3) is 0 Å². The molecular weight excluding hydrogens is 283 g/mol. The summed E-state index contributed by atoms with van der Waals surface area (Å²) in [4.78, 5) is 12.1. The van der Waals surface area contributed by atoms with Crippen LogP contribution in [0.2, 0.25) is 0 Å². The molecule has 0 radical (unpaired) electrons. The van der Waals surface area contributed by atoms with E-state index in [-0.39, 0.29) is 5.78 Å². The fraction of sp³-hybridized carbons (Fsp3) is 0.222. The van der Waals surface area contributed by atoms with Crippen LogP contribution in [0, 0.1) is 3.57 Å². The quantitative estimate of drug-likeness (QED) is 0.503. The summed E-state index contributed by atoms with van der Waals surface area (Å²) in [7, 11) is 0. The SMILES string of the molecule is CCC(=O)c1ccc(I)cc1S. The maximum absolute atomic E-state index is 11.3. The molecule has 1 aromatic rings. The van der Waals surface area contributed by atoms with Crippen LogP contribution in [-0.4, -0.2) is 5.78 Å². The monoisotopic (exact) mass is 292 g/mol. The first-order valence-electron chi connectivity index (χ1n) is 3.67. The lowest BCUT2D eigenvalue weighted by molar-refractivity contribution is 0.0985. The second kappa shape index (κ2) is 4.28. The van der Waals surface area contributed by atoms with Crippen molar-refractivity contribution < 1.29 is 4.79 Å². The Balaban J connectivity index is 3.09.